The van der Waals surface area contributed by atoms with Gasteiger partial charge >= 0.3 is 0 Å². The van der Waals surface area contributed by atoms with Crippen LogP contribution in [0.4, 0.5) is 5.13 Å². The average Bonchev–Trinajstić information content (AvgIpc) is 3.05. The van der Waals surface area contributed by atoms with E-state index in [4.69, 9.17) is 35.4 Å². The highest BCUT2D eigenvalue weighted by Crippen LogP contribution is 2.30. The number of anilines is 1. The Balaban J connectivity index is 1.55. The Morgan fingerprint density at radius 3 is 2.48 bits per heavy atom. The lowest BCUT2D eigenvalue weighted by Gasteiger charge is -2.10. The first-order chi connectivity index (χ1) is 13.0. The van der Waals surface area contributed by atoms with E-state index in [0.717, 1.165) is 15.5 Å². The average molecular weight is 432 g/mol. The second-order valence-electron chi connectivity index (χ2n) is 5.65. The molecule has 0 bridgehead atoms. The van der Waals surface area contributed by atoms with E-state index < -0.39 is 0 Å². The highest BCUT2D eigenvalue weighted by molar-refractivity contribution is 7.80. The summed E-state index contributed by atoms with van der Waals surface area (Å²) in [7, 11) is 0. The number of nitrogens with zero attached hydrogens (tertiary/aromatic N) is 1. The van der Waals surface area contributed by atoms with Crippen LogP contribution in [0.15, 0.2) is 54.6 Å². The summed E-state index contributed by atoms with van der Waals surface area (Å²) in [6.45, 7) is 0. The monoisotopic (exact) mass is 431 g/mol. The molecule has 1 heterocycles. The maximum absolute atomic E-state index is 12.7. The molecule has 0 saturated carbocycles. The molecular formula is C19H11Cl2N3OS2. The fourth-order valence-electron chi connectivity index (χ4n) is 2.74. The summed E-state index contributed by atoms with van der Waals surface area (Å²) in [5.41, 5.74) is 1.19. The summed E-state index contributed by atoms with van der Waals surface area (Å²) in [6.07, 6.45) is 0. The molecule has 4 nitrogen and oxygen atoms in total. The highest BCUT2D eigenvalue weighted by atomic mass is 35.5. The van der Waals surface area contributed by atoms with E-state index >= 15 is 0 Å². The Morgan fingerprint density at radius 2 is 1.67 bits per heavy atom. The third kappa shape index (κ3) is 3.61. The SMILES string of the molecule is O=C(NC(=S)Nc1nc2c(Cl)cccc2s1)c1cccc2c(Cl)cccc12. The molecule has 0 spiro atoms. The van der Waals surface area contributed by atoms with Gasteiger partial charge in [-0.25, -0.2) is 4.98 Å². The van der Waals surface area contributed by atoms with Crippen molar-refractivity contribution in [3.8, 4) is 0 Å². The van der Waals surface area contributed by atoms with Crippen LogP contribution in [-0.2, 0) is 0 Å². The predicted molar refractivity (Wildman–Crippen MR) is 117 cm³/mol. The predicted octanol–water partition coefficient (Wildman–Crippen LogP) is 5.88. The molecule has 0 aliphatic heterocycles. The molecule has 2 N–H and O–H groups in total. The van der Waals surface area contributed by atoms with Gasteiger partial charge in [-0.05, 0) is 41.9 Å². The summed E-state index contributed by atoms with van der Waals surface area (Å²) in [6, 6.07) is 16.4. The number of nitrogens with one attached hydrogen (secondary N) is 2. The third-order valence-corrected chi connectivity index (χ3v) is 5.71. The number of thiazole rings is 1. The van der Waals surface area contributed by atoms with Crippen molar-refractivity contribution in [2.45, 2.75) is 0 Å². The van der Waals surface area contributed by atoms with Crippen molar-refractivity contribution in [2.24, 2.45) is 0 Å². The molecule has 0 radical (unpaired) electrons. The fourth-order valence-corrected chi connectivity index (χ4v) is 4.40. The van der Waals surface area contributed by atoms with E-state index in [0.29, 0.717) is 26.3 Å². The molecule has 4 aromatic rings. The minimum Gasteiger partial charge on any atom is -0.308 e. The minimum absolute atomic E-state index is 0.161. The molecule has 4 rings (SSSR count). The zero-order valence-corrected chi connectivity index (χ0v) is 16.8. The number of carbonyl (C=O) groups is 1. The van der Waals surface area contributed by atoms with Crippen molar-refractivity contribution >= 4 is 83.9 Å². The van der Waals surface area contributed by atoms with E-state index in [1.807, 2.05) is 30.3 Å². The van der Waals surface area contributed by atoms with Crippen molar-refractivity contribution in [2.75, 3.05) is 5.32 Å². The number of thiocarbonyl (C=S) groups is 1. The molecule has 27 heavy (non-hydrogen) atoms. The lowest BCUT2D eigenvalue weighted by atomic mass is 10.0. The Bertz CT molecular complexity index is 1210. The smallest absolute Gasteiger partial charge is 0.258 e. The van der Waals surface area contributed by atoms with Gasteiger partial charge < -0.3 is 5.32 Å². The number of fused-ring (bicyclic) bond motifs is 2. The quantitative estimate of drug-likeness (QED) is 0.388. The molecule has 0 atom stereocenters. The molecule has 0 unspecified atom stereocenters. The van der Waals surface area contributed by atoms with Gasteiger partial charge in [-0.2, -0.15) is 0 Å². The van der Waals surface area contributed by atoms with Gasteiger partial charge in [-0.15, -0.1) is 0 Å². The Hall–Kier alpha value is -2.25. The summed E-state index contributed by atoms with van der Waals surface area (Å²) in [4.78, 5) is 17.1. The van der Waals surface area contributed by atoms with Crippen molar-refractivity contribution in [3.05, 3.63) is 70.2 Å². The van der Waals surface area contributed by atoms with Crippen LogP contribution in [0, 0.1) is 0 Å². The first-order valence-corrected chi connectivity index (χ1v) is 9.85. The molecule has 0 aliphatic carbocycles. The number of halogens is 2. The zero-order chi connectivity index (χ0) is 19.0. The van der Waals surface area contributed by atoms with Crippen LogP contribution in [0.2, 0.25) is 10.0 Å². The second-order valence-corrected chi connectivity index (χ2v) is 7.91. The highest BCUT2D eigenvalue weighted by Gasteiger charge is 2.14. The standard InChI is InChI=1S/C19H11Cl2N3OS2/c20-13-7-2-4-10-11(13)5-1-6-12(10)17(25)23-18(26)24-19-22-16-14(21)8-3-9-15(16)27-19/h1-9H,(H2,22,23,24,25,26). The van der Waals surface area contributed by atoms with Crippen LogP contribution in [-0.4, -0.2) is 16.0 Å². The van der Waals surface area contributed by atoms with Gasteiger partial charge in [0.1, 0.15) is 5.52 Å². The van der Waals surface area contributed by atoms with Gasteiger partial charge in [0, 0.05) is 16.0 Å². The Morgan fingerprint density at radius 1 is 0.963 bits per heavy atom. The summed E-state index contributed by atoms with van der Waals surface area (Å²) in [5, 5.41) is 9.08. The number of aromatic nitrogens is 1. The molecule has 0 saturated heterocycles. The van der Waals surface area contributed by atoms with E-state index in [1.54, 1.807) is 24.3 Å². The number of para-hydroxylation sites is 1. The van der Waals surface area contributed by atoms with E-state index in [1.165, 1.54) is 11.3 Å². The number of hydrogen-bond acceptors (Lipinski definition) is 4. The normalized spacial score (nSPS) is 10.9. The van der Waals surface area contributed by atoms with Crippen LogP contribution >= 0.6 is 46.8 Å². The van der Waals surface area contributed by atoms with Crippen LogP contribution < -0.4 is 10.6 Å². The van der Waals surface area contributed by atoms with Crippen molar-refractivity contribution in [3.63, 3.8) is 0 Å². The fraction of sp³-hybridized carbons (Fsp3) is 0. The lowest BCUT2D eigenvalue weighted by molar-refractivity contribution is 0.0979. The van der Waals surface area contributed by atoms with Crippen molar-refractivity contribution < 1.29 is 4.79 Å². The summed E-state index contributed by atoms with van der Waals surface area (Å²) in [5.74, 6) is -0.320. The maximum Gasteiger partial charge on any atom is 0.258 e. The zero-order valence-electron chi connectivity index (χ0n) is 13.6. The van der Waals surface area contributed by atoms with Crippen LogP contribution in [0.1, 0.15) is 10.4 Å². The maximum atomic E-state index is 12.7. The number of hydrogen-bond donors (Lipinski definition) is 2. The lowest BCUT2D eigenvalue weighted by Crippen LogP contribution is -2.34. The Kier molecular flexibility index (Phi) is 4.97. The largest absolute Gasteiger partial charge is 0.308 e. The molecule has 0 fully saturated rings. The molecule has 1 amide bonds. The topological polar surface area (TPSA) is 54.0 Å². The van der Waals surface area contributed by atoms with Crippen LogP contribution in [0.3, 0.4) is 0 Å². The van der Waals surface area contributed by atoms with Crippen LogP contribution in [0.5, 0.6) is 0 Å². The molecule has 0 aliphatic rings. The molecule has 1 aromatic heterocycles. The number of amides is 1. The van der Waals surface area contributed by atoms with E-state index in [9.17, 15) is 4.79 Å². The molecule has 3 aromatic carbocycles. The minimum atomic E-state index is -0.320. The van der Waals surface area contributed by atoms with Gasteiger partial charge in [0.15, 0.2) is 10.2 Å². The number of benzene rings is 3. The molecular weight excluding hydrogens is 421 g/mol. The third-order valence-electron chi connectivity index (χ3n) is 3.93. The van der Waals surface area contributed by atoms with Gasteiger partial charge in [0.2, 0.25) is 0 Å². The van der Waals surface area contributed by atoms with Gasteiger partial charge in [0.25, 0.3) is 5.91 Å². The Labute approximate surface area is 174 Å². The van der Waals surface area contributed by atoms with Gasteiger partial charge in [0.05, 0.1) is 9.72 Å². The van der Waals surface area contributed by atoms with Gasteiger partial charge in [-0.3, -0.25) is 10.1 Å². The summed E-state index contributed by atoms with van der Waals surface area (Å²) >= 11 is 19.0. The van der Waals surface area contributed by atoms with Crippen LogP contribution in [0.25, 0.3) is 21.0 Å². The first-order valence-electron chi connectivity index (χ1n) is 7.87. The van der Waals surface area contributed by atoms with Crippen molar-refractivity contribution in [1.29, 1.82) is 0 Å². The second kappa shape index (κ2) is 7.40. The van der Waals surface area contributed by atoms with Gasteiger partial charge in [-0.1, -0.05) is 64.9 Å². The molecule has 134 valence electrons. The first kappa shape index (κ1) is 18.1. The van der Waals surface area contributed by atoms with Crippen molar-refractivity contribution in [1.82, 2.24) is 10.3 Å². The number of carbonyl (C=O) groups excluding carboxylic acids is 1. The number of rotatable bonds is 2. The summed E-state index contributed by atoms with van der Waals surface area (Å²) < 4.78 is 0.933. The molecule has 8 heteroatoms. The van der Waals surface area contributed by atoms with E-state index in [2.05, 4.69) is 15.6 Å². The van der Waals surface area contributed by atoms with E-state index in [-0.39, 0.29) is 11.0 Å².